The lowest BCUT2D eigenvalue weighted by atomic mass is 10.1. The molecule has 3 heterocycles. The van der Waals surface area contributed by atoms with Crippen LogP contribution in [0.4, 0.5) is 0 Å². The Hall–Kier alpha value is -3.16. The summed E-state index contributed by atoms with van der Waals surface area (Å²) >= 11 is 0. The fourth-order valence-corrected chi connectivity index (χ4v) is 3.28. The molecule has 4 rings (SSSR count). The van der Waals surface area contributed by atoms with Crippen LogP contribution in [0.3, 0.4) is 0 Å². The average Bonchev–Trinajstić information content (AvgIpc) is 3.36. The molecule has 1 aromatic carbocycles. The van der Waals surface area contributed by atoms with Crippen LogP contribution in [0.15, 0.2) is 35.0 Å². The van der Waals surface area contributed by atoms with Crippen LogP contribution < -0.4 is 4.74 Å². The second kappa shape index (κ2) is 7.61. The quantitative estimate of drug-likeness (QED) is 0.718. The lowest BCUT2D eigenvalue weighted by molar-refractivity contribution is -0.132. The van der Waals surface area contributed by atoms with Crippen LogP contribution in [0, 0.1) is 0 Å². The smallest absolute Gasteiger partial charge is 0.226 e. The molecule has 140 valence electrons. The van der Waals surface area contributed by atoms with Gasteiger partial charge >= 0.3 is 0 Å². The van der Waals surface area contributed by atoms with Crippen molar-refractivity contribution >= 4 is 5.91 Å². The van der Waals surface area contributed by atoms with E-state index in [1.165, 1.54) is 0 Å². The molecule has 0 fully saturated rings. The zero-order valence-electron chi connectivity index (χ0n) is 15.1. The zero-order chi connectivity index (χ0) is 18.6. The number of H-pyrrole nitrogens is 1. The van der Waals surface area contributed by atoms with Gasteiger partial charge in [0.25, 0.3) is 0 Å². The molecule has 0 atom stereocenters. The van der Waals surface area contributed by atoms with Crippen LogP contribution in [-0.4, -0.2) is 44.8 Å². The summed E-state index contributed by atoms with van der Waals surface area (Å²) in [6.07, 6.45) is 4.32. The molecule has 1 amide bonds. The van der Waals surface area contributed by atoms with Gasteiger partial charge in [0.1, 0.15) is 5.75 Å². The average molecular weight is 367 g/mol. The maximum absolute atomic E-state index is 12.4. The number of nitrogens with zero attached hydrogens (tertiary/aromatic N) is 4. The fraction of sp³-hybridized carbons (Fsp3) is 0.368. The van der Waals surface area contributed by atoms with Crippen molar-refractivity contribution in [2.24, 2.45) is 0 Å². The third-order valence-electron chi connectivity index (χ3n) is 4.75. The number of para-hydroxylation sites is 1. The number of hydrogen-bond acceptors (Lipinski definition) is 6. The number of aromatic nitrogens is 4. The third kappa shape index (κ3) is 3.69. The van der Waals surface area contributed by atoms with Crippen molar-refractivity contribution in [1.29, 1.82) is 0 Å². The molecule has 8 heteroatoms. The van der Waals surface area contributed by atoms with Crippen molar-refractivity contribution in [2.45, 2.75) is 32.2 Å². The summed E-state index contributed by atoms with van der Waals surface area (Å²) in [5.74, 6) is 1.87. The Balaban J connectivity index is 1.31. The van der Waals surface area contributed by atoms with Crippen molar-refractivity contribution in [3.8, 4) is 17.1 Å². The number of carbonyl (C=O) groups is 1. The number of benzene rings is 1. The Morgan fingerprint density at radius 3 is 3.15 bits per heavy atom. The monoisotopic (exact) mass is 367 g/mol. The van der Waals surface area contributed by atoms with Gasteiger partial charge in [0, 0.05) is 43.6 Å². The number of aromatic amines is 1. The highest BCUT2D eigenvalue weighted by atomic mass is 16.5. The molecular formula is C19H21N5O3. The minimum Gasteiger partial charge on any atom is -0.496 e. The summed E-state index contributed by atoms with van der Waals surface area (Å²) in [6.45, 7) is 1.36. The SMILES string of the molecule is COc1ccccc1-c1noc(CCCC(=O)N2CCc3[nH]ncc3C2)n1. The molecule has 8 nitrogen and oxygen atoms in total. The van der Waals surface area contributed by atoms with E-state index in [-0.39, 0.29) is 5.91 Å². The van der Waals surface area contributed by atoms with Gasteiger partial charge in [-0.3, -0.25) is 9.89 Å². The molecule has 0 saturated heterocycles. The first-order chi connectivity index (χ1) is 13.2. The van der Waals surface area contributed by atoms with Gasteiger partial charge in [-0.2, -0.15) is 10.1 Å². The summed E-state index contributed by atoms with van der Waals surface area (Å²) in [4.78, 5) is 18.7. The summed E-state index contributed by atoms with van der Waals surface area (Å²) in [6, 6.07) is 7.53. The topological polar surface area (TPSA) is 97.1 Å². The molecular weight excluding hydrogens is 346 g/mol. The van der Waals surface area contributed by atoms with Crippen molar-refractivity contribution in [3.63, 3.8) is 0 Å². The number of fused-ring (bicyclic) bond motifs is 1. The normalized spacial score (nSPS) is 13.4. The Labute approximate surface area is 156 Å². The number of rotatable bonds is 6. The van der Waals surface area contributed by atoms with E-state index in [0.29, 0.717) is 43.3 Å². The van der Waals surface area contributed by atoms with Gasteiger partial charge in [-0.05, 0) is 18.6 Å². The van der Waals surface area contributed by atoms with Crippen LogP contribution in [0.5, 0.6) is 5.75 Å². The summed E-state index contributed by atoms with van der Waals surface area (Å²) in [5, 5.41) is 11.1. The molecule has 0 spiro atoms. The lowest BCUT2D eigenvalue weighted by Crippen LogP contribution is -2.35. The minimum absolute atomic E-state index is 0.145. The van der Waals surface area contributed by atoms with E-state index in [1.807, 2.05) is 29.2 Å². The number of hydrogen-bond donors (Lipinski definition) is 1. The minimum atomic E-state index is 0.145. The van der Waals surface area contributed by atoms with Gasteiger partial charge in [0.05, 0.1) is 18.9 Å². The molecule has 0 radical (unpaired) electrons. The number of carbonyl (C=O) groups excluding carboxylic acids is 1. The Bertz CT molecular complexity index is 933. The Morgan fingerprint density at radius 1 is 1.37 bits per heavy atom. The van der Waals surface area contributed by atoms with E-state index in [4.69, 9.17) is 9.26 Å². The predicted molar refractivity (Wildman–Crippen MR) is 96.9 cm³/mol. The summed E-state index contributed by atoms with van der Waals surface area (Å²) in [7, 11) is 1.61. The number of amides is 1. The molecule has 1 N–H and O–H groups in total. The highest BCUT2D eigenvalue weighted by Crippen LogP contribution is 2.27. The van der Waals surface area contributed by atoms with Gasteiger partial charge in [-0.1, -0.05) is 17.3 Å². The molecule has 0 aliphatic carbocycles. The molecule has 1 aliphatic heterocycles. The van der Waals surface area contributed by atoms with E-state index in [0.717, 1.165) is 29.8 Å². The van der Waals surface area contributed by atoms with Gasteiger partial charge < -0.3 is 14.2 Å². The van der Waals surface area contributed by atoms with Gasteiger partial charge in [0.15, 0.2) is 0 Å². The van der Waals surface area contributed by atoms with Gasteiger partial charge in [-0.25, -0.2) is 0 Å². The summed E-state index contributed by atoms with van der Waals surface area (Å²) < 4.78 is 10.7. The Kier molecular flexibility index (Phi) is 4.86. The van der Waals surface area contributed by atoms with Crippen LogP contribution >= 0.6 is 0 Å². The highest BCUT2D eigenvalue weighted by Gasteiger charge is 2.21. The molecule has 2 aromatic heterocycles. The molecule has 0 bridgehead atoms. The van der Waals surface area contributed by atoms with E-state index in [9.17, 15) is 4.79 Å². The van der Waals surface area contributed by atoms with E-state index < -0.39 is 0 Å². The molecule has 3 aromatic rings. The number of nitrogens with one attached hydrogen (secondary N) is 1. The second-order valence-corrected chi connectivity index (χ2v) is 6.50. The lowest BCUT2D eigenvalue weighted by Gasteiger charge is -2.26. The summed E-state index contributed by atoms with van der Waals surface area (Å²) in [5.41, 5.74) is 3.03. The highest BCUT2D eigenvalue weighted by molar-refractivity contribution is 5.76. The van der Waals surface area contributed by atoms with Crippen molar-refractivity contribution in [1.82, 2.24) is 25.2 Å². The fourth-order valence-electron chi connectivity index (χ4n) is 3.28. The third-order valence-corrected chi connectivity index (χ3v) is 4.75. The van der Waals surface area contributed by atoms with Gasteiger partial charge in [0.2, 0.25) is 17.6 Å². The molecule has 1 aliphatic rings. The second-order valence-electron chi connectivity index (χ2n) is 6.50. The number of ether oxygens (including phenoxy) is 1. The number of methoxy groups -OCH3 is 1. The first-order valence-corrected chi connectivity index (χ1v) is 8.99. The van der Waals surface area contributed by atoms with Crippen LogP contribution in [0.1, 0.15) is 30.0 Å². The van der Waals surface area contributed by atoms with Crippen molar-refractivity contribution in [2.75, 3.05) is 13.7 Å². The predicted octanol–water partition coefficient (Wildman–Crippen LogP) is 2.38. The van der Waals surface area contributed by atoms with Gasteiger partial charge in [-0.15, -0.1) is 0 Å². The first-order valence-electron chi connectivity index (χ1n) is 8.99. The molecule has 0 saturated carbocycles. The molecule has 27 heavy (non-hydrogen) atoms. The van der Waals surface area contributed by atoms with E-state index >= 15 is 0 Å². The standard InChI is InChI=1S/C19H21N5O3/c1-26-16-6-3-2-5-14(16)19-21-17(27-23-19)7-4-8-18(25)24-10-9-15-13(12-24)11-20-22-15/h2-3,5-6,11H,4,7-10,12H2,1H3,(H,20,22). The Morgan fingerprint density at radius 2 is 2.26 bits per heavy atom. The van der Waals surface area contributed by atoms with Crippen LogP contribution in [0.2, 0.25) is 0 Å². The van der Waals surface area contributed by atoms with E-state index in [1.54, 1.807) is 13.3 Å². The molecule has 0 unspecified atom stereocenters. The van der Waals surface area contributed by atoms with E-state index in [2.05, 4.69) is 20.3 Å². The van der Waals surface area contributed by atoms with Crippen LogP contribution in [-0.2, 0) is 24.2 Å². The van der Waals surface area contributed by atoms with Crippen molar-refractivity contribution in [3.05, 3.63) is 47.6 Å². The number of aryl methyl sites for hydroxylation is 1. The largest absolute Gasteiger partial charge is 0.496 e. The van der Waals surface area contributed by atoms with Crippen LogP contribution in [0.25, 0.3) is 11.4 Å². The maximum atomic E-state index is 12.4. The maximum Gasteiger partial charge on any atom is 0.226 e. The van der Waals surface area contributed by atoms with Crippen molar-refractivity contribution < 1.29 is 14.1 Å². The first kappa shape index (κ1) is 17.3. The zero-order valence-corrected chi connectivity index (χ0v) is 15.1.